The second kappa shape index (κ2) is 3.04. The molecule has 1 fully saturated rings. The highest BCUT2D eigenvalue weighted by atomic mass is 28.1. The maximum absolute atomic E-state index is 8.90. The zero-order chi connectivity index (χ0) is 7.61. The summed E-state index contributed by atoms with van der Waals surface area (Å²) < 4.78 is 5.29. The van der Waals surface area contributed by atoms with Gasteiger partial charge < -0.3 is 14.8 Å². The van der Waals surface area contributed by atoms with Gasteiger partial charge in [-0.1, -0.05) is 0 Å². The minimum atomic E-state index is -1.28. The van der Waals surface area contributed by atoms with Crippen molar-refractivity contribution in [1.82, 2.24) is 0 Å². The predicted molar refractivity (Wildman–Crippen MR) is 42.7 cm³/mol. The van der Waals surface area contributed by atoms with Gasteiger partial charge in [-0.3, -0.25) is 0 Å². The van der Waals surface area contributed by atoms with Crippen molar-refractivity contribution in [3.8, 4) is 0 Å². The molecule has 3 nitrogen and oxygen atoms in total. The van der Waals surface area contributed by atoms with Gasteiger partial charge in [0.1, 0.15) is 0 Å². The molecule has 0 aromatic carbocycles. The topological polar surface area (TPSA) is 49.7 Å². The van der Waals surface area contributed by atoms with E-state index in [1.807, 2.05) is 0 Å². The second-order valence-electron chi connectivity index (χ2n) is 2.99. The van der Waals surface area contributed by atoms with Gasteiger partial charge in [0.25, 0.3) is 0 Å². The van der Waals surface area contributed by atoms with Gasteiger partial charge in [-0.25, -0.2) is 0 Å². The quantitative estimate of drug-likeness (QED) is 0.448. The Morgan fingerprint density at radius 2 is 2.10 bits per heavy atom. The van der Waals surface area contributed by atoms with Crippen LogP contribution in [0.25, 0.3) is 0 Å². The van der Waals surface area contributed by atoms with Crippen molar-refractivity contribution in [3.63, 3.8) is 0 Å². The lowest BCUT2D eigenvalue weighted by atomic mass is 9.77. The van der Waals surface area contributed by atoms with E-state index in [2.05, 4.69) is 0 Å². The van der Waals surface area contributed by atoms with Crippen molar-refractivity contribution < 1.29 is 14.8 Å². The highest BCUT2D eigenvalue weighted by Crippen LogP contribution is 2.21. The van der Waals surface area contributed by atoms with Crippen LogP contribution in [0.5, 0.6) is 0 Å². The minimum absolute atomic E-state index is 0.571. The Labute approximate surface area is 64.0 Å². The van der Waals surface area contributed by atoms with E-state index in [0.717, 1.165) is 19.3 Å². The molecule has 1 heterocycles. The van der Waals surface area contributed by atoms with Crippen LogP contribution >= 0.6 is 0 Å². The minimum Gasteiger partial charge on any atom is -0.425 e. The number of hydrogen-bond acceptors (Lipinski definition) is 3. The fourth-order valence-electron chi connectivity index (χ4n) is 1.16. The highest BCUT2D eigenvalue weighted by Gasteiger charge is 2.39. The van der Waals surface area contributed by atoms with E-state index in [1.54, 1.807) is 0 Å². The van der Waals surface area contributed by atoms with E-state index < -0.39 is 12.2 Å². The molecular weight excluding hydrogens is 147 g/mol. The SMILES string of the molecule is OB(O)C1([SiH3])CCCCO1. The first kappa shape index (κ1) is 8.26. The summed E-state index contributed by atoms with van der Waals surface area (Å²) in [4.78, 5) is 0. The molecule has 0 aromatic rings. The normalized spacial score (nSPS) is 34.2. The van der Waals surface area contributed by atoms with Crippen LogP contribution < -0.4 is 0 Å². The Kier molecular flexibility index (Phi) is 2.51. The summed E-state index contributed by atoms with van der Waals surface area (Å²) in [5, 5.41) is 17.2. The molecule has 5 heteroatoms. The van der Waals surface area contributed by atoms with E-state index in [0.29, 0.717) is 16.8 Å². The monoisotopic (exact) mass is 160 g/mol. The Morgan fingerprint density at radius 1 is 1.40 bits per heavy atom. The standard InChI is InChI=1S/C5H13BO3Si/c7-6(8)5(10)3-1-2-4-9-5/h7-8H,1-4H2,10H3. The zero-order valence-corrected chi connectivity index (χ0v) is 8.21. The largest absolute Gasteiger partial charge is 0.481 e. The van der Waals surface area contributed by atoms with Gasteiger partial charge in [0.2, 0.25) is 0 Å². The molecule has 1 aliphatic heterocycles. The molecule has 0 radical (unpaired) electrons. The van der Waals surface area contributed by atoms with Crippen LogP contribution in [0.4, 0.5) is 0 Å². The summed E-state index contributed by atoms with van der Waals surface area (Å²) >= 11 is 0. The lowest BCUT2D eigenvalue weighted by Crippen LogP contribution is -2.51. The molecule has 0 aromatic heterocycles. The third-order valence-electron chi connectivity index (χ3n) is 2.05. The van der Waals surface area contributed by atoms with E-state index in [4.69, 9.17) is 14.8 Å². The lowest BCUT2D eigenvalue weighted by Gasteiger charge is -2.32. The van der Waals surface area contributed by atoms with E-state index in [1.165, 1.54) is 0 Å². The van der Waals surface area contributed by atoms with Crippen LogP contribution in [-0.2, 0) is 4.74 Å². The predicted octanol–water partition coefficient (Wildman–Crippen LogP) is -1.74. The van der Waals surface area contributed by atoms with Crippen LogP contribution in [0.3, 0.4) is 0 Å². The molecule has 1 rings (SSSR count). The van der Waals surface area contributed by atoms with Crippen molar-refractivity contribution in [1.29, 1.82) is 0 Å². The molecule has 1 atom stereocenters. The summed E-state index contributed by atoms with van der Waals surface area (Å²) in [6.07, 6.45) is 2.91. The molecular formula is C5H13BO3Si. The van der Waals surface area contributed by atoms with Gasteiger partial charge in [0.15, 0.2) is 0 Å². The highest BCUT2D eigenvalue weighted by molar-refractivity contribution is 6.57. The molecule has 0 bridgehead atoms. The van der Waals surface area contributed by atoms with Crippen LogP contribution in [-0.4, -0.2) is 39.1 Å². The Balaban J connectivity index is 2.48. The van der Waals surface area contributed by atoms with Crippen molar-refractivity contribution >= 4 is 17.4 Å². The maximum atomic E-state index is 8.90. The van der Waals surface area contributed by atoms with Crippen molar-refractivity contribution in [2.45, 2.75) is 24.4 Å². The van der Waals surface area contributed by atoms with Gasteiger partial charge in [-0.05, 0) is 19.3 Å². The van der Waals surface area contributed by atoms with E-state index in [-0.39, 0.29) is 0 Å². The second-order valence-corrected chi connectivity index (χ2v) is 4.68. The van der Waals surface area contributed by atoms with Crippen LogP contribution in [0.15, 0.2) is 0 Å². The first-order valence-corrected chi connectivity index (χ1v) is 4.65. The molecule has 10 heavy (non-hydrogen) atoms. The molecule has 2 N–H and O–H groups in total. The molecule has 0 amide bonds. The van der Waals surface area contributed by atoms with Gasteiger partial charge >= 0.3 is 7.12 Å². The molecule has 1 unspecified atom stereocenters. The Hall–Kier alpha value is 0.162. The average molecular weight is 160 g/mol. The molecule has 0 saturated carbocycles. The molecule has 0 aliphatic carbocycles. The summed E-state index contributed by atoms with van der Waals surface area (Å²) in [6, 6.07) is 0. The third-order valence-corrected chi connectivity index (χ3v) is 3.35. The van der Waals surface area contributed by atoms with Crippen LogP contribution in [0.1, 0.15) is 19.3 Å². The molecule has 58 valence electrons. The Bertz CT molecular complexity index is 113. The summed E-state index contributed by atoms with van der Waals surface area (Å²) in [5.74, 6) is 0. The Morgan fingerprint density at radius 3 is 2.40 bits per heavy atom. The number of hydrogen-bond donors (Lipinski definition) is 2. The zero-order valence-electron chi connectivity index (χ0n) is 6.21. The summed E-state index contributed by atoms with van der Waals surface area (Å²) in [7, 11) is -0.586. The van der Waals surface area contributed by atoms with Gasteiger partial charge in [-0.2, -0.15) is 0 Å². The first-order chi connectivity index (χ1) is 4.65. The van der Waals surface area contributed by atoms with Crippen molar-refractivity contribution in [2.24, 2.45) is 0 Å². The number of ether oxygens (including phenoxy) is 1. The summed E-state index contributed by atoms with van der Waals surface area (Å²) in [5.41, 5.74) is 0. The smallest absolute Gasteiger partial charge is 0.425 e. The van der Waals surface area contributed by atoms with Gasteiger partial charge in [-0.15, -0.1) is 0 Å². The maximum Gasteiger partial charge on any atom is 0.481 e. The van der Waals surface area contributed by atoms with Gasteiger partial charge in [0.05, 0.1) is 5.12 Å². The van der Waals surface area contributed by atoms with Crippen LogP contribution in [0, 0.1) is 0 Å². The molecule has 1 aliphatic rings. The first-order valence-electron chi connectivity index (χ1n) is 3.65. The average Bonchev–Trinajstić information content (AvgIpc) is 1.89. The summed E-state index contributed by atoms with van der Waals surface area (Å²) in [6.45, 7) is 0.682. The van der Waals surface area contributed by atoms with Crippen molar-refractivity contribution in [2.75, 3.05) is 6.61 Å². The molecule has 1 saturated heterocycles. The third kappa shape index (κ3) is 1.60. The lowest BCUT2D eigenvalue weighted by molar-refractivity contribution is 0.0140. The van der Waals surface area contributed by atoms with Gasteiger partial charge in [0, 0.05) is 16.8 Å². The fourth-order valence-corrected chi connectivity index (χ4v) is 1.72. The van der Waals surface area contributed by atoms with Crippen LogP contribution in [0.2, 0.25) is 0 Å². The fraction of sp³-hybridized carbons (Fsp3) is 1.00. The van der Waals surface area contributed by atoms with E-state index >= 15 is 0 Å². The van der Waals surface area contributed by atoms with Crippen molar-refractivity contribution in [3.05, 3.63) is 0 Å². The molecule has 0 spiro atoms. The number of rotatable bonds is 1. The van der Waals surface area contributed by atoms with E-state index in [9.17, 15) is 0 Å².